The molecule has 2 aromatic heterocycles. The van der Waals surface area contributed by atoms with Gasteiger partial charge < -0.3 is 13.9 Å². The third-order valence-corrected chi connectivity index (χ3v) is 9.77. The molecule has 0 amide bonds. The molecule has 0 fully saturated rings. The topological polar surface area (TPSA) is 21.3 Å². The fourth-order valence-corrected chi connectivity index (χ4v) is 7.54. The number of hydrogen-bond acceptors (Lipinski definition) is 2. The van der Waals surface area contributed by atoms with Crippen molar-refractivity contribution in [2.24, 2.45) is 0 Å². The lowest BCUT2D eigenvalue weighted by molar-refractivity contribution is 0.669. The Balaban J connectivity index is 1.11. The SMILES string of the molecule is c1ccc(N(c2ccc(-c3ccc4c(c3)c3ccccc3n4-c3ccccc3)cc2)c2cccc3c2oc2ccc4ccccc4c23)cc1. The first-order valence-electron chi connectivity index (χ1n) is 16.7. The quantitative estimate of drug-likeness (QED) is 0.190. The van der Waals surface area contributed by atoms with Gasteiger partial charge in [0.25, 0.3) is 0 Å². The maximum atomic E-state index is 6.67. The van der Waals surface area contributed by atoms with Crippen LogP contribution in [0.3, 0.4) is 0 Å². The third-order valence-electron chi connectivity index (χ3n) is 9.77. The molecule has 0 N–H and O–H groups in total. The van der Waals surface area contributed by atoms with Crippen molar-refractivity contribution in [3.8, 4) is 16.8 Å². The Bertz CT molecular complexity index is 2810. The lowest BCUT2D eigenvalue weighted by Gasteiger charge is -2.25. The molecular formula is C46H30N2O. The van der Waals surface area contributed by atoms with Gasteiger partial charge in [-0.2, -0.15) is 0 Å². The van der Waals surface area contributed by atoms with Gasteiger partial charge in [-0.15, -0.1) is 0 Å². The molecule has 0 saturated heterocycles. The molecule has 0 atom stereocenters. The molecule has 49 heavy (non-hydrogen) atoms. The summed E-state index contributed by atoms with van der Waals surface area (Å²) < 4.78 is 9.03. The summed E-state index contributed by atoms with van der Waals surface area (Å²) in [5, 5.41) is 7.18. The van der Waals surface area contributed by atoms with Crippen LogP contribution in [-0.2, 0) is 0 Å². The average Bonchev–Trinajstić information content (AvgIpc) is 3.72. The van der Waals surface area contributed by atoms with Crippen LogP contribution in [0.1, 0.15) is 0 Å². The van der Waals surface area contributed by atoms with Gasteiger partial charge in [0.05, 0.1) is 16.7 Å². The number of para-hydroxylation sites is 4. The highest BCUT2D eigenvalue weighted by Gasteiger charge is 2.20. The largest absolute Gasteiger partial charge is 0.454 e. The Hall–Kier alpha value is -6.58. The summed E-state index contributed by atoms with van der Waals surface area (Å²) in [5.74, 6) is 0. The summed E-state index contributed by atoms with van der Waals surface area (Å²) in [5.41, 5.74) is 10.9. The Labute approximate surface area is 283 Å². The van der Waals surface area contributed by atoms with Crippen LogP contribution in [0.4, 0.5) is 17.1 Å². The van der Waals surface area contributed by atoms with Crippen LogP contribution < -0.4 is 4.90 Å². The maximum absolute atomic E-state index is 6.67. The maximum Gasteiger partial charge on any atom is 0.159 e. The predicted molar refractivity (Wildman–Crippen MR) is 206 cm³/mol. The monoisotopic (exact) mass is 626 g/mol. The number of aromatic nitrogens is 1. The molecule has 3 nitrogen and oxygen atoms in total. The number of furan rings is 1. The number of benzene rings is 8. The lowest BCUT2D eigenvalue weighted by Crippen LogP contribution is -2.10. The van der Waals surface area contributed by atoms with Crippen LogP contribution in [-0.4, -0.2) is 4.57 Å². The van der Waals surface area contributed by atoms with E-state index >= 15 is 0 Å². The minimum absolute atomic E-state index is 0.877. The first-order chi connectivity index (χ1) is 24.3. The molecule has 0 aliphatic heterocycles. The normalized spacial score (nSPS) is 11.7. The number of hydrogen-bond donors (Lipinski definition) is 0. The molecule has 0 saturated carbocycles. The van der Waals surface area contributed by atoms with Crippen molar-refractivity contribution in [1.29, 1.82) is 0 Å². The lowest BCUT2D eigenvalue weighted by atomic mass is 10.0. The second-order valence-electron chi connectivity index (χ2n) is 12.6. The van der Waals surface area contributed by atoms with Gasteiger partial charge in [0, 0.05) is 38.6 Å². The van der Waals surface area contributed by atoms with Crippen molar-refractivity contribution in [3.05, 3.63) is 182 Å². The zero-order chi connectivity index (χ0) is 32.3. The first kappa shape index (κ1) is 27.5. The van der Waals surface area contributed by atoms with Crippen molar-refractivity contribution in [1.82, 2.24) is 4.57 Å². The highest BCUT2D eigenvalue weighted by molar-refractivity contribution is 6.21. The summed E-state index contributed by atoms with van der Waals surface area (Å²) in [6.07, 6.45) is 0. The molecular weight excluding hydrogens is 597 g/mol. The molecule has 2 heterocycles. The molecule has 3 heteroatoms. The van der Waals surface area contributed by atoms with Crippen molar-refractivity contribution in [2.75, 3.05) is 4.90 Å². The summed E-state index contributed by atoms with van der Waals surface area (Å²) in [7, 11) is 0. The Morgan fingerprint density at radius 2 is 1.08 bits per heavy atom. The molecule has 8 aromatic carbocycles. The minimum Gasteiger partial charge on any atom is -0.454 e. The van der Waals surface area contributed by atoms with Gasteiger partial charge in [-0.05, 0) is 88.6 Å². The Morgan fingerprint density at radius 3 is 1.92 bits per heavy atom. The van der Waals surface area contributed by atoms with Crippen LogP contribution >= 0.6 is 0 Å². The van der Waals surface area contributed by atoms with Gasteiger partial charge in [0.2, 0.25) is 0 Å². The first-order valence-corrected chi connectivity index (χ1v) is 16.7. The zero-order valence-electron chi connectivity index (χ0n) is 26.6. The molecule has 230 valence electrons. The second kappa shape index (κ2) is 11.0. The van der Waals surface area contributed by atoms with Crippen LogP contribution in [0, 0.1) is 0 Å². The van der Waals surface area contributed by atoms with Crippen LogP contribution in [0.15, 0.2) is 186 Å². The summed E-state index contributed by atoms with van der Waals surface area (Å²) in [6, 6.07) is 64.8. The summed E-state index contributed by atoms with van der Waals surface area (Å²) >= 11 is 0. The summed E-state index contributed by atoms with van der Waals surface area (Å²) in [6.45, 7) is 0. The van der Waals surface area contributed by atoms with Gasteiger partial charge in [-0.25, -0.2) is 0 Å². The van der Waals surface area contributed by atoms with Gasteiger partial charge in [-0.1, -0.05) is 115 Å². The number of nitrogens with zero attached hydrogens (tertiary/aromatic N) is 2. The van der Waals surface area contributed by atoms with Gasteiger partial charge in [0.1, 0.15) is 5.58 Å². The van der Waals surface area contributed by atoms with E-state index in [1.54, 1.807) is 0 Å². The number of fused-ring (bicyclic) bond motifs is 8. The molecule has 0 aliphatic carbocycles. The third kappa shape index (κ3) is 4.37. The standard InChI is InChI=1S/C46H30N2O/c1-3-13-34(14-4-1)47(43-21-11-19-39-45-37-17-8-7-12-32(37)25-29-44(45)49-46(39)43)36-26-22-31(23-27-36)33-24-28-42-40(30-33)38-18-9-10-20-41(38)48(42)35-15-5-2-6-16-35/h1-30H. The van der Waals surface area contributed by atoms with Crippen LogP contribution in [0.25, 0.3) is 71.3 Å². The van der Waals surface area contributed by atoms with Crippen molar-refractivity contribution in [3.63, 3.8) is 0 Å². The fraction of sp³-hybridized carbons (Fsp3) is 0. The average molecular weight is 627 g/mol. The molecule has 0 unspecified atom stereocenters. The van der Waals surface area contributed by atoms with E-state index in [1.165, 1.54) is 49.4 Å². The number of rotatable bonds is 5. The Morgan fingerprint density at radius 1 is 0.429 bits per heavy atom. The van der Waals surface area contributed by atoms with E-state index in [-0.39, 0.29) is 0 Å². The molecule has 10 rings (SSSR count). The predicted octanol–water partition coefficient (Wildman–Crippen LogP) is 13.0. The van der Waals surface area contributed by atoms with E-state index in [2.05, 4.69) is 191 Å². The van der Waals surface area contributed by atoms with Crippen molar-refractivity contribution < 1.29 is 4.42 Å². The van der Waals surface area contributed by atoms with Crippen molar-refractivity contribution >= 4 is 71.6 Å². The van der Waals surface area contributed by atoms with Crippen LogP contribution in [0.2, 0.25) is 0 Å². The van der Waals surface area contributed by atoms with E-state index in [0.29, 0.717) is 0 Å². The van der Waals surface area contributed by atoms with Crippen molar-refractivity contribution in [2.45, 2.75) is 0 Å². The van der Waals surface area contributed by atoms with E-state index < -0.39 is 0 Å². The fourth-order valence-electron chi connectivity index (χ4n) is 7.54. The van der Waals surface area contributed by atoms with E-state index in [4.69, 9.17) is 4.42 Å². The molecule has 10 aromatic rings. The second-order valence-corrected chi connectivity index (χ2v) is 12.6. The van der Waals surface area contributed by atoms with Gasteiger partial charge in [-0.3, -0.25) is 0 Å². The minimum atomic E-state index is 0.877. The van der Waals surface area contributed by atoms with Crippen LogP contribution in [0.5, 0.6) is 0 Å². The van der Waals surface area contributed by atoms with E-state index in [9.17, 15) is 0 Å². The van der Waals surface area contributed by atoms with E-state index in [0.717, 1.165) is 39.0 Å². The molecule has 0 bridgehead atoms. The van der Waals surface area contributed by atoms with E-state index in [1.807, 2.05) is 0 Å². The number of anilines is 3. The highest BCUT2D eigenvalue weighted by Crippen LogP contribution is 2.44. The molecule has 0 aliphatic rings. The van der Waals surface area contributed by atoms with Gasteiger partial charge >= 0.3 is 0 Å². The smallest absolute Gasteiger partial charge is 0.159 e. The van der Waals surface area contributed by atoms with Gasteiger partial charge in [0.15, 0.2) is 5.58 Å². The molecule has 0 radical (unpaired) electrons. The summed E-state index contributed by atoms with van der Waals surface area (Å²) in [4.78, 5) is 2.30. The highest BCUT2D eigenvalue weighted by atomic mass is 16.3. The molecule has 0 spiro atoms. The Kier molecular flexibility index (Phi) is 6.18. The zero-order valence-corrected chi connectivity index (χ0v) is 26.6.